The molecule has 5 nitrogen and oxygen atoms in total. The van der Waals surface area contributed by atoms with Gasteiger partial charge >= 0.3 is 6.18 Å². The van der Waals surface area contributed by atoms with Gasteiger partial charge in [-0.05, 0) is 44.2 Å². The van der Waals surface area contributed by atoms with E-state index < -0.39 is 17.6 Å². The largest absolute Gasteiger partial charge is 0.456 e. The molecule has 0 saturated carbocycles. The molecule has 0 aliphatic carbocycles. The minimum Gasteiger partial charge on any atom is -0.456 e. The van der Waals surface area contributed by atoms with Gasteiger partial charge in [0.1, 0.15) is 11.6 Å². The lowest BCUT2D eigenvalue weighted by Gasteiger charge is -2.13. The molecule has 2 aromatic heterocycles. The molecule has 3 rings (SSSR count). The lowest BCUT2D eigenvalue weighted by molar-refractivity contribution is -0.137. The third-order valence-corrected chi connectivity index (χ3v) is 3.86. The number of furan rings is 1. The van der Waals surface area contributed by atoms with Crippen LogP contribution >= 0.6 is 11.6 Å². The van der Waals surface area contributed by atoms with Crippen molar-refractivity contribution in [3.63, 3.8) is 0 Å². The van der Waals surface area contributed by atoms with E-state index in [-0.39, 0.29) is 22.3 Å². The van der Waals surface area contributed by atoms with E-state index in [2.05, 4.69) is 10.4 Å². The van der Waals surface area contributed by atoms with Crippen molar-refractivity contribution in [2.24, 2.45) is 0 Å². The number of aryl methyl sites for hydroxylation is 2. The fraction of sp³-hybridized carbons (Fsp3) is 0.176. The normalized spacial score (nSPS) is 11.6. The Morgan fingerprint density at radius 3 is 2.54 bits per heavy atom. The number of hydrogen-bond donors (Lipinski definition) is 1. The molecule has 0 atom stereocenters. The molecule has 0 saturated heterocycles. The Kier molecular flexibility index (Phi) is 4.53. The number of nitrogens with zero attached hydrogens (tertiary/aromatic N) is 2. The molecule has 0 fully saturated rings. The summed E-state index contributed by atoms with van der Waals surface area (Å²) < 4.78 is 45.4. The minimum atomic E-state index is -4.53. The number of carbonyl (C=O) groups excluding carboxylic acids is 1. The number of benzene rings is 1. The van der Waals surface area contributed by atoms with Crippen LogP contribution in [0.1, 0.15) is 27.6 Å². The third-order valence-electron chi connectivity index (χ3n) is 3.54. The summed E-state index contributed by atoms with van der Waals surface area (Å²) in [4.78, 5) is 12.3. The van der Waals surface area contributed by atoms with Crippen LogP contribution in [0.4, 0.5) is 19.0 Å². The van der Waals surface area contributed by atoms with Crippen LogP contribution in [-0.4, -0.2) is 15.7 Å². The van der Waals surface area contributed by atoms with Gasteiger partial charge in [0.25, 0.3) is 5.91 Å². The van der Waals surface area contributed by atoms with E-state index >= 15 is 0 Å². The molecule has 1 N–H and O–H groups in total. The summed E-state index contributed by atoms with van der Waals surface area (Å²) in [6.45, 7) is 3.33. The van der Waals surface area contributed by atoms with Crippen LogP contribution in [0.5, 0.6) is 0 Å². The first-order valence-corrected chi connectivity index (χ1v) is 7.84. The average Bonchev–Trinajstić information content (AvgIpc) is 3.12. The number of aromatic nitrogens is 2. The summed E-state index contributed by atoms with van der Waals surface area (Å²) in [7, 11) is 0. The zero-order valence-corrected chi connectivity index (χ0v) is 14.4. The molecule has 0 spiro atoms. The van der Waals surface area contributed by atoms with Crippen LogP contribution in [-0.2, 0) is 6.18 Å². The van der Waals surface area contributed by atoms with Gasteiger partial charge in [-0.3, -0.25) is 4.79 Å². The molecule has 0 bridgehead atoms. The summed E-state index contributed by atoms with van der Waals surface area (Å²) in [5.74, 6) is 0.244. The predicted molar refractivity (Wildman–Crippen MR) is 89.7 cm³/mol. The first-order chi connectivity index (χ1) is 12.1. The van der Waals surface area contributed by atoms with Crippen molar-refractivity contribution in [1.29, 1.82) is 0 Å². The fourth-order valence-corrected chi connectivity index (χ4v) is 2.56. The van der Waals surface area contributed by atoms with E-state index in [9.17, 15) is 18.0 Å². The molecular weight excluding hydrogens is 371 g/mol. The Hall–Kier alpha value is -2.74. The van der Waals surface area contributed by atoms with E-state index in [1.54, 1.807) is 19.9 Å². The maximum absolute atomic E-state index is 13.0. The monoisotopic (exact) mass is 383 g/mol. The predicted octanol–water partition coefficient (Wildman–Crippen LogP) is 5.01. The molecule has 0 unspecified atom stereocenters. The number of nitrogens with one attached hydrogen (secondary N) is 1. The van der Waals surface area contributed by atoms with E-state index in [0.717, 1.165) is 22.9 Å². The van der Waals surface area contributed by atoms with Crippen LogP contribution in [0, 0.1) is 13.8 Å². The van der Waals surface area contributed by atoms with Crippen LogP contribution < -0.4 is 5.32 Å². The molecule has 3 aromatic rings. The maximum Gasteiger partial charge on any atom is 0.416 e. The van der Waals surface area contributed by atoms with Gasteiger partial charge in [0.15, 0.2) is 5.76 Å². The zero-order valence-electron chi connectivity index (χ0n) is 13.7. The van der Waals surface area contributed by atoms with Crippen LogP contribution in [0.15, 0.2) is 40.8 Å². The second-order valence-corrected chi connectivity index (χ2v) is 6.02. The Bertz CT molecular complexity index is 976. The SMILES string of the molecule is Cc1cc(NC(=O)c2ccc(C)o2)n(-c2cc(C(F)(F)F)ccc2Cl)n1. The minimum absolute atomic E-state index is 0.000479. The molecule has 0 aliphatic rings. The Balaban J connectivity index is 2.01. The highest BCUT2D eigenvalue weighted by Crippen LogP contribution is 2.34. The Morgan fingerprint density at radius 2 is 1.92 bits per heavy atom. The highest BCUT2D eigenvalue weighted by molar-refractivity contribution is 6.32. The number of halogens is 4. The number of hydrogen-bond acceptors (Lipinski definition) is 3. The van der Waals surface area contributed by atoms with Crippen LogP contribution in [0.2, 0.25) is 5.02 Å². The van der Waals surface area contributed by atoms with E-state index in [1.807, 2.05) is 0 Å². The van der Waals surface area contributed by atoms with Gasteiger partial charge in [0.2, 0.25) is 0 Å². The summed E-state index contributed by atoms with van der Waals surface area (Å²) in [5.41, 5.74) is -0.381. The quantitative estimate of drug-likeness (QED) is 0.691. The van der Waals surface area contributed by atoms with Crippen molar-refractivity contribution in [2.45, 2.75) is 20.0 Å². The first kappa shape index (κ1) is 18.1. The van der Waals surface area contributed by atoms with Crippen molar-refractivity contribution in [1.82, 2.24) is 9.78 Å². The van der Waals surface area contributed by atoms with Gasteiger partial charge in [0, 0.05) is 6.07 Å². The standard InChI is InChI=1S/C17H13ClF3N3O2/c1-9-7-15(22-16(25)14-6-3-10(2)26-14)24(23-9)13-8-11(17(19,20)21)4-5-12(13)18/h3-8H,1-2H3,(H,22,25). The zero-order chi connectivity index (χ0) is 19.1. The fourth-order valence-electron chi connectivity index (χ4n) is 2.36. The van der Waals surface area contributed by atoms with Gasteiger partial charge in [0.05, 0.1) is 22.0 Å². The van der Waals surface area contributed by atoms with Gasteiger partial charge in [-0.15, -0.1) is 0 Å². The number of anilines is 1. The first-order valence-electron chi connectivity index (χ1n) is 7.47. The lowest BCUT2D eigenvalue weighted by Crippen LogP contribution is -2.15. The van der Waals surface area contributed by atoms with Crippen molar-refractivity contribution in [2.75, 3.05) is 5.32 Å². The highest BCUT2D eigenvalue weighted by atomic mass is 35.5. The van der Waals surface area contributed by atoms with E-state index in [0.29, 0.717) is 11.5 Å². The maximum atomic E-state index is 13.0. The molecule has 2 heterocycles. The number of alkyl halides is 3. The molecule has 1 amide bonds. The van der Waals surface area contributed by atoms with Crippen molar-refractivity contribution < 1.29 is 22.4 Å². The van der Waals surface area contributed by atoms with Crippen LogP contribution in [0.3, 0.4) is 0 Å². The smallest absolute Gasteiger partial charge is 0.416 e. The lowest BCUT2D eigenvalue weighted by atomic mass is 10.2. The molecule has 1 aromatic carbocycles. The summed E-state index contributed by atoms with van der Waals surface area (Å²) in [5, 5.41) is 6.77. The molecule has 136 valence electrons. The van der Waals surface area contributed by atoms with Crippen molar-refractivity contribution >= 4 is 23.3 Å². The van der Waals surface area contributed by atoms with Crippen LogP contribution in [0.25, 0.3) is 5.69 Å². The number of rotatable bonds is 3. The molecule has 9 heteroatoms. The molecule has 26 heavy (non-hydrogen) atoms. The molecule has 0 aliphatic heterocycles. The van der Waals surface area contributed by atoms with E-state index in [4.69, 9.17) is 16.0 Å². The molecule has 0 radical (unpaired) electrons. The second-order valence-electron chi connectivity index (χ2n) is 5.61. The topological polar surface area (TPSA) is 60.1 Å². The Labute approximate surface area is 151 Å². The van der Waals surface area contributed by atoms with Crippen molar-refractivity contribution in [3.8, 4) is 5.69 Å². The average molecular weight is 384 g/mol. The van der Waals surface area contributed by atoms with Gasteiger partial charge in [-0.1, -0.05) is 11.6 Å². The Morgan fingerprint density at radius 1 is 1.19 bits per heavy atom. The summed E-state index contributed by atoms with van der Waals surface area (Å²) >= 11 is 6.06. The highest BCUT2D eigenvalue weighted by Gasteiger charge is 2.31. The third kappa shape index (κ3) is 3.60. The van der Waals surface area contributed by atoms with Gasteiger partial charge in [-0.25, -0.2) is 4.68 Å². The number of amides is 1. The van der Waals surface area contributed by atoms with E-state index in [1.165, 1.54) is 12.1 Å². The summed E-state index contributed by atoms with van der Waals surface area (Å²) in [6, 6.07) is 7.53. The second kappa shape index (κ2) is 6.53. The van der Waals surface area contributed by atoms with Gasteiger partial charge in [-0.2, -0.15) is 18.3 Å². The van der Waals surface area contributed by atoms with Gasteiger partial charge < -0.3 is 9.73 Å². The van der Waals surface area contributed by atoms with Crippen molar-refractivity contribution in [3.05, 3.63) is 64.2 Å². The molecular formula is C17H13ClF3N3O2. The summed E-state index contributed by atoms with van der Waals surface area (Å²) in [6.07, 6.45) is -4.53. The number of carbonyl (C=O) groups is 1.